The van der Waals surface area contributed by atoms with Crippen molar-refractivity contribution in [3.8, 4) is 0 Å². The highest BCUT2D eigenvalue weighted by atomic mass is 16.5. The molecule has 1 heterocycles. The molecule has 0 radical (unpaired) electrons. The average Bonchev–Trinajstić information content (AvgIpc) is 2.86. The fourth-order valence-electron chi connectivity index (χ4n) is 2.27. The number of aromatic nitrogens is 1. The van der Waals surface area contributed by atoms with Gasteiger partial charge in [0.15, 0.2) is 0 Å². The van der Waals surface area contributed by atoms with Gasteiger partial charge in [-0.2, -0.15) is 0 Å². The maximum absolute atomic E-state index is 5.80. The van der Waals surface area contributed by atoms with E-state index in [0.717, 1.165) is 19.6 Å². The first-order chi connectivity index (χ1) is 9.36. The third kappa shape index (κ3) is 3.56. The molecule has 0 fully saturated rings. The molecule has 1 aromatic carbocycles. The summed E-state index contributed by atoms with van der Waals surface area (Å²) in [6.07, 6.45) is 3.12. The van der Waals surface area contributed by atoms with E-state index in [2.05, 4.69) is 35.0 Å². The monoisotopic (exact) mass is 262 g/mol. The molecule has 19 heavy (non-hydrogen) atoms. The highest BCUT2D eigenvalue weighted by Gasteiger charge is 2.04. The third-order valence-electron chi connectivity index (χ3n) is 3.21. The van der Waals surface area contributed by atoms with Crippen LogP contribution in [0.4, 0.5) is 0 Å². The molecule has 104 valence electrons. The summed E-state index contributed by atoms with van der Waals surface area (Å²) in [7, 11) is 1.68. The summed E-state index contributed by atoms with van der Waals surface area (Å²) in [6, 6.07) is 8.41. The molecule has 0 atom stereocenters. The number of nitrogens with two attached hydrogens (primary N) is 1. The normalized spacial score (nSPS) is 11.3. The van der Waals surface area contributed by atoms with Crippen molar-refractivity contribution in [3.05, 3.63) is 36.0 Å². The Kier molecular flexibility index (Phi) is 5.39. The average molecular weight is 262 g/mol. The van der Waals surface area contributed by atoms with Crippen molar-refractivity contribution in [1.82, 2.24) is 4.57 Å². The Labute approximate surface area is 114 Å². The Morgan fingerprint density at radius 2 is 2.05 bits per heavy atom. The summed E-state index contributed by atoms with van der Waals surface area (Å²) in [5, 5.41) is 1.25. The van der Waals surface area contributed by atoms with Crippen LogP contribution in [-0.4, -0.2) is 31.5 Å². The van der Waals surface area contributed by atoms with E-state index in [0.29, 0.717) is 19.8 Å². The lowest BCUT2D eigenvalue weighted by Gasteiger charge is -2.09. The van der Waals surface area contributed by atoms with Gasteiger partial charge in [-0.05, 0) is 23.4 Å². The molecule has 2 rings (SSSR count). The number of hydrogen-bond acceptors (Lipinski definition) is 3. The van der Waals surface area contributed by atoms with Crippen LogP contribution in [0.15, 0.2) is 30.5 Å². The molecule has 1 aromatic heterocycles. The van der Waals surface area contributed by atoms with Crippen molar-refractivity contribution in [2.24, 2.45) is 5.73 Å². The Morgan fingerprint density at radius 3 is 2.84 bits per heavy atom. The Bertz CT molecular complexity index is 508. The second-order valence-corrected chi connectivity index (χ2v) is 4.53. The third-order valence-corrected chi connectivity index (χ3v) is 3.21. The first-order valence-electron chi connectivity index (χ1n) is 6.70. The predicted octanol–water partition coefficient (Wildman–Crippen LogP) is 2.15. The van der Waals surface area contributed by atoms with Crippen LogP contribution in [0.5, 0.6) is 0 Å². The lowest BCUT2D eigenvalue weighted by atomic mass is 10.1. The summed E-state index contributed by atoms with van der Waals surface area (Å²) in [6.45, 7) is 3.60. The number of fused-ring (bicyclic) bond motifs is 1. The van der Waals surface area contributed by atoms with Crippen molar-refractivity contribution >= 4 is 10.9 Å². The van der Waals surface area contributed by atoms with E-state index in [1.807, 2.05) is 0 Å². The first kappa shape index (κ1) is 14.1. The van der Waals surface area contributed by atoms with Crippen LogP contribution in [0.2, 0.25) is 0 Å². The molecule has 2 aromatic rings. The topological polar surface area (TPSA) is 49.4 Å². The number of para-hydroxylation sites is 1. The van der Waals surface area contributed by atoms with Gasteiger partial charge >= 0.3 is 0 Å². The molecule has 0 spiro atoms. The van der Waals surface area contributed by atoms with Crippen LogP contribution >= 0.6 is 0 Å². The number of ether oxygens (including phenoxy) is 2. The molecule has 0 bridgehead atoms. The summed E-state index contributed by atoms with van der Waals surface area (Å²) < 4.78 is 12.7. The van der Waals surface area contributed by atoms with Crippen molar-refractivity contribution in [2.45, 2.75) is 19.5 Å². The van der Waals surface area contributed by atoms with Gasteiger partial charge in [0.2, 0.25) is 0 Å². The second kappa shape index (κ2) is 7.28. The molecule has 0 aliphatic heterocycles. The molecule has 4 heteroatoms. The van der Waals surface area contributed by atoms with Gasteiger partial charge in [0.1, 0.15) is 0 Å². The van der Waals surface area contributed by atoms with Crippen LogP contribution < -0.4 is 5.73 Å². The lowest BCUT2D eigenvalue weighted by Crippen LogP contribution is -2.07. The van der Waals surface area contributed by atoms with E-state index >= 15 is 0 Å². The molecule has 4 nitrogen and oxygen atoms in total. The lowest BCUT2D eigenvalue weighted by molar-refractivity contribution is 0.0681. The minimum Gasteiger partial charge on any atom is -0.382 e. The van der Waals surface area contributed by atoms with E-state index < -0.39 is 0 Å². The quantitative estimate of drug-likeness (QED) is 0.742. The number of nitrogens with zero attached hydrogens (tertiary/aromatic N) is 1. The van der Waals surface area contributed by atoms with Crippen LogP contribution in [0, 0.1) is 0 Å². The number of rotatable bonds is 8. The zero-order valence-electron chi connectivity index (χ0n) is 11.5. The van der Waals surface area contributed by atoms with Gasteiger partial charge < -0.3 is 19.8 Å². The zero-order chi connectivity index (χ0) is 13.5. The molecule has 0 aliphatic carbocycles. The van der Waals surface area contributed by atoms with Gasteiger partial charge in [0.05, 0.1) is 18.7 Å². The summed E-state index contributed by atoms with van der Waals surface area (Å²) in [5.74, 6) is 0. The Morgan fingerprint density at radius 1 is 1.16 bits per heavy atom. The van der Waals surface area contributed by atoms with Crippen LogP contribution in [0.25, 0.3) is 10.9 Å². The van der Waals surface area contributed by atoms with Crippen molar-refractivity contribution in [1.29, 1.82) is 0 Å². The standard InChI is InChI=1S/C15H22N2O2/c1-18-10-11-19-9-3-7-17-8-6-13-4-2-5-14(12-16)15(13)17/h2,4-6,8H,3,7,9-12,16H2,1H3. The summed E-state index contributed by atoms with van der Waals surface area (Å²) >= 11 is 0. The van der Waals surface area contributed by atoms with Gasteiger partial charge in [-0.15, -0.1) is 0 Å². The van der Waals surface area contributed by atoms with E-state index in [9.17, 15) is 0 Å². The fraction of sp³-hybridized carbons (Fsp3) is 0.467. The summed E-state index contributed by atoms with van der Waals surface area (Å²) in [4.78, 5) is 0. The Hall–Kier alpha value is -1.36. The van der Waals surface area contributed by atoms with Gasteiger partial charge in [0.25, 0.3) is 0 Å². The van der Waals surface area contributed by atoms with Crippen LogP contribution in [0.1, 0.15) is 12.0 Å². The van der Waals surface area contributed by atoms with Gasteiger partial charge in [-0.1, -0.05) is 18.2 Å². The highest BCUT2D eigenvalue weighted by molar-refractivity contribution is 5.83. The summed E-state index contributed by atoms with van der Waals surface area (Å²) in [5.41, 5.74) is 8.25. The second-order valence-electron chi connectivity index (χ2n) is 4.53. The molecular formula is C15H22N2O2. The highest BCUT2D eigenvalue weighted by Crippen LogP contribution is 2.20. The largest absolute Gasteiger partial charge is 0.382 e. The van der Waals surface area contributed by atoms with E-state index in [1.54, 1.807) is 7.11 Å². The fourth-order valence-corrected chi connectivity index (χ4v) is 2.27. The van der Waals surface area contributed by atoms with Gasteiger partial charge in [0, 0.05) is 33.0 Å². The Balaban J connectivity index is 1.93. The van der Waals surface area contributed by atoms with E-state index in [-0.39, 0.29) is 0 Å². The predicted molar refractivity (Wildman–Crippen MR) is 77.1 cm³/mol. The minimum absolute atomic E-state index is 0.575. The maximum Gasteiger partial charge on any atom is 0.0700 e. The van der Waals surface area contributed by atoms with Gasteiger partial charge in [-0.3, -0.25) is 0 Å². The number of methoxy groups -OCH3 is 1. The molecule has 0 amide bonds. The van der Waals surface area contributed by atoms with Crippen LogP contribution in [0.3, 0.4) is 0 Å². The molecular weight excluding hydrogens is 240 g/mol. The SMILES string of the molecule is COCCOCCCn1ccc2cccc(CN)c21. The molecule has 0 saturated carbocycles. The van der Waals surface area contributed by atoms with Crippen molar-refractivity contribution in [3.63, 3.8) is 0 Å². The molecule has 0 saturated heterocycles. The molecule has 0 unspecified atom stereocenters. The van der Waals surface area contributed by atoms with Crippen molar-refractivity contribution in [2.75, 3.05) is 26.9 Å². The zero-order valence-corrected chi connectivity index (χ0v) is 11.5. The molecule has 2 N–H and O–H groups in total. The van der Waals surface area contributed by atoms with E-state index in [1.165, 1.54) is 16.5 Å². The number of benzene rings is 1. The first-order valence-corrected chi connectivity index (χ1v) is 6.70. The van der Waals surface area contributed by atoms with E-state index in [4.69, 9.17) is 15.2 Å². The van der Waals surface area contributed by atoms with Gasteiger partial charge in [-0.25, -0.2) is 0 Å². The smallest absolute Gasteiger partial charge is 0.0700 e. The molecule has 0 aliphatic rings. The number of hydrogen-bond donors (Lipinski definition) is 1. The van der Waals surface area contributed by atoms with Crippen molar-refractivity contribution < 1.29 is 9.47 Å². The minimum atomic E-state index is 0.575. The van der Waals surface area contributed by atoms with Crippen LogP contribution in [-0.2, 0) is 22.6 Å². The number of aryl methyl sites for hydroxylation is 1. The maximum atomic E-state index is 5.80.